The van der Waals surface area contributed by atoms with E-state index in [0.717, 1.165) is 23.4 Å². The van der Waals surface area contributed by atoms with Gasteiger partial charge in [0.15, 0.2) is 0 Å². The van der Waals surface area contributed by atoms with Gasteiger partial charge >= 0.3 is 0 Å². The molecule has 1 amide bonds. The number of rotatable bonds is 8. The minimum Gasteiger partial charge on any atom is -0.508 e. The van der Waals surface area contributed by atoms with Crippen LogP contribution in [-0.4, -0.2) is 43.2 Å². The summed E-state index contributed by atoms with van der Waals surface area (Å²) in [6.45, 7) is 1.43. The van der Waals surface area contributed by atoms with Crippen LogP contribution in [0.15, 0.2) is 78.9 Å². The number of amides is 1. The van der Waals surface area contributed by atoms with Crippen LogP contribution in [0.5, 0.6) is 11.5 Å². The Kier molecular flexibility index (Phi) is 7.24. The van der Waals surface area contributed by atoms with Crippen LogP contribution in [0.4, 0.5) is 5.69 Å². The lowest BCUT2D eigenvalue weighted by atomic mass is 10.0. The first-order valence-corrected chi connectivity index (χ1v) is 9.76. The Hall–Kier alpha value is -3.57. The minimum atomic E-state index is -0.231. The third-order valence-corrected chi connectivity index (χ3v) is 4.45. The summed E-state index contributed by atoms with van der Waals surface area (Å²) in [5, 5.41) is 12.5. The summed E-state index contributed by atoms with van der Waals surface area (Å²) < 4.78 is 5.69. The molecule has 0 saturated carbocycles. The van der Waals surface area contributed by atoms with Gasteiger partial charge < -0.3 is 20.1 Å². The molecular weight excluding hydrogens is 376 g/mol. The lowest BCUT2D eigenvalue weighted by molar-refractivity contribution is -0.111. The number of nitrogens with one attached hydrogen (secondary N) is 1. The number of nitrogens with zero attached hydrogens (tertiary/aromatic N) is 1. The fourth-order valence-corrected chi connectivity index (χ4v) is 2.82. The summed E-state index contributed by atoms with van der Waals surface area (Å²) in [6.07, 6.45) is 1.83. The van der Waals surface area contributed by atoms with Crippen LogP contribution < -0.4 is 10.1 Å². The zero-order valence-electron chi connectivity index (χ0n) is 17.2. The van der Waals surface area contributed by atoms with Gasteiger partial charge in [0, 0.05) is 17.8 Å². The maximum atomic E-state index is 13.1. The molecule has 5 nitrogen and oxygen atoms in total. The molecule has 2 N–H and O–H groups in total. The quantitative estimate of drug-likeness (QED) is 0.430. The van der Waals surface area contributed by atoms with E-state index < -0.39 is 0 Å². The molecule has 0 aliphatic rings. The number of benzene rings is 3. The van der Waals surface area contributed by atoms with Crippen molar-refractivity contribution in [2.24, 2.45) is 0 Å². The van der Waals surface area contributed by atoms with Crippen LogP contribution in [0.3, 0.4) is 0 Å². The van der Waals surface area contributed by atoms with Crippen molar-refractivity contribution >= 4 is 23.2 Å². The predicted molar refractivity (Wildman–Crippen MR) is 122 cm³/mol. The van der Waals surface area contributed by atoms with Crippen molar-refractivity contribution in [1.82, 2.24) is 4.90 Å². The third kappa shape index (κ3) is 6.22. The predicted octanol–water partition coefficient (Wildman–Crippen LogP) is 4.51. The number of ether oxygens (including phenoxy) is 1. The molecule has 0 spiro atoms. The molecule has 5 heteroatoms. The second-order valence-corrected chi connectivity index (χ2v) is 7.15. The summed E-state index contributed by atoms with van der Waals surface area (Å²) in [4.78, 5) is 15.1. The Morgan fingerprint density at radius 2 is 1.63 bits per heavy atom. The molecule has 0 saturated heterocycles. The largest absolute Gasteiger partial charge is 0.508 e. The number of anilines is 1. The van der Waals surface area contributed by atoms with E-state index in [0.29, 0.717) is 17.9 Å². The first kappa shape index (κ1) is 21.1. The van der Waals surface area contributed by atoms with Crippen molar-refractivity contribution < 1.29 is 14.6 Å². The molecule has 0 atom stereocenters. The Morgan fingerprint density at radius 3 is 2.27 bits per heavy atom. The van der Waals surface area contributed by atoms with Crippen molar-refractivity contribution in [3.8, 4) is 11.5 Å². The van der Waals surface area contributed by atoms with Crippen LogP contribution in [0.2, 0.25) is 0 Å². The molecule has 154 valence electrons. The zero-order chi connectivity index (χ0) is 21.3. The highest BCUT2D eigenvalue weighted by molar-refractivity contribution is 6.29. The van der Waals surface area contributed by atoms with E-state index in [1.54, 1.807) is 24.3 Å². The van der Waals surface area contributed by atoms with E-state index in [9.17, 15) is 9.90 Å². The molecule has 0 aromatic heterocycles. The van der Waals surface area contributed by atoms with Gasteiger partial charge in [-0.2, -0.15) is 0 Å². The molecule has 0 radical (unpaired) electrons. The first-order chi connectivity index (χ1) is 14.5. The number of aromatic hydroxyl groups is 1. The van der Waals surface area contributed by atoms with Gasteiger partial charge in [-0.3, -0.25) is 4.79 Å². The summed E-state index contributed by atoms with van der Waals surface area (Å²) in [5.41, 5.74) is 2.82. The number of hydrogen-bond donors (Lipinski definition) is 2. The Labute approximate surface area is 177 Å². The molecular formula is C25H26N2O3. The van der Waals surface area contributed by atoms with Gasteiger partial charge in [-0.25, -0.2) is 0 Å². The van der Waals surface area contributed by atoms with Gasteiger partial charge in [-0.15, -0.1) is 0 Å². The maximum Gasteiger partial charge on any atom is 0.256 e. The normalized spacial score (nSPS) is 11.4. The molecule has 0 heterocycles. The Morgan fingerprint density at radius 1 is 0.967 bits per heavy atom. The second kappa shape index (κ2) is 10.3. The SMILES string of the molecule is CN(C)CCOc1ccc(NC(=O)C(=Cc2ccccc2)c2ccc(O)cc2)cc1. The molecule has 0 fully saturated rings. The van der Waals surface area contributed by atoms with Crippen molar-refractivity contribution in [3.05, 3.63) is 90.0 Å². The van der Waals surface area contributed by atoms with E-state index in [1.165, 1.54) is 0 Å². The minimum absolute atomic E-state index is 0.156. The number of carbonyl (C=O) groups excluding carboxylic acids is 1. The summed E-state index contributed by atoms with van der Waals surface area (Å²) in [6, 6.07) is 23.6. The van der Waals surface area contributed by atoms with Gasteiger partial charge in [-0.1, -0.05) is 42.5 Å². The van der Waals surface area contributed by atoms with Gasteiger partial charge in [0.05, 0.1) is 0 Å². The van der Waals surface area contributed by atoms with Crippen LogP contribution in [0.1, 0.15) is 11.1 Å². The van der Waals surface area contributed by atoms with E-state index in [-0.39, 0.29) is 11.7 Å². The number of likely N-dealkylation sites (N-methyl/N-ethyl adjacent to an activating group) is 1. The summed E-state index contributed by atoms with van der Waals surface area (Å²) in [7, 11) is 3.99. The lowest BCUT2D eigenvalue weighted by Gasteiger charge is -2.12. The van der Waals surface area contributed by atoms with Crippen molar-refractivity contribution in [2.45, 2.75) is 0 Å². The molecule has 3 aromatic rings. The molecule has 0 aliphatic carbocycles. The maximum absolute atomic E-state index is 13.1. The Bertz CT molecular complexity index is 979. The number of hydrogen-bond acceptors (Lipinski definition) is 4. The van der Waals surface area contributed by atoms with Gasteiger partial charge in [0.25, 0.3) is 5.91 Å². The van der Waals surface area contributed by atoms with E-state index in [2.05, 4.69) is 10.2 Å². The highest BCUT2D eigenvalue weighted by Crippen LogP contribution is 2.23. The van der Waals surface area contributed by atoms with Crippen molar-refractivity contribution in [3.63, 3.8) is 0 Å². The highest BCUT2D eigenvalue weighted by Gasteiger charge is 2.13. The van der Waals surface area contributed by atoms with E-state index in [1.807, 2.05) is 74.8 Å². The molecule has 0 aliphatic heterocycles. The van der Waals surface area contributed by atoms with Gasteiger partial charge in [0.1, 0.15) is 18.1 Å². The topological polar surface area (TPSA) is 61.8 Å². The third-order valence-electron chi connectivity index (χ3n) is 4.45. The molecule has 3 rings (SSSR count). The standard InChI is InChI=1S/C25H26N2O3/c1-27(2)16-17-30-23-14-10-21(11-15-23)26-25(29)24(18-19-6-4-3-5-7-19)20-8-12-22(28)13-9-20/h3-15,18,28H,16-17H2,1-2H3,(H,26,29). The fraction of sp³-hybridized carbons (Fsp3) is 0.160. The van der Waals surface area contributed by atoms with Crippen LogP contribution in [-0.2, 0) is 4.79 Å². The van der Waals surface area contributed by atoms with Crippen LogP contribution >= 0.6 is 0 Å². The van der Waals surface area contributed by atoms with E-state index in [4.69, 9.17) is 4.74 Å². The second-order valence-electron chi connectivity index (χ2n) is 7.15. The van der Waals surface area contributed by atoms with Gasteiger partial charge in [0.2, 0.25) is 0 Å². The Balaban J connectivity index is 1.76. The van der Waals surface area contributed by atoms with E-state index >= 15 is 0 Å². The number of phenols is 1. The summed E-state index contributed by atoms with van der Waals surface area (Å²) in [5.74, 6) is 0.683. The average molecular weight is 402 g/mol. The molecule has 30 heavy (non-hydrogen) atoms. The van der Waals surface area contributed by atoms with Crippen molar-refractivity contribution in [2.75, 3.05) is 32.6 Å². The zero-order valence-corrected chi connectivity index (χ0v) is 17.2. The first-order valence-electron chi connectivity index (χ1n) is 9.76. The molecule has 0 unspecified atom stereocenters. The van der Waals surface area contributed by atoms with Crippen LogP contribution in [0, 0.1) is 0 Å². The lowest BCUT2D eigenvalue weighted by Crippen LogP contribution is -2.19. The van der Waals surface area contributed by atoms with Crippen LogP contribution in [0.25, 0.3) is 11.6 Å². The summed E-state index contributed by atoms with van der Waals surface area (Å²) >= 11 is 0. The van der Waals surface area contributed by atoms with Crippen molar-refractivity contribution in [1.29, 1.82) is 0 Å². The number of phenolic OH excluding ortho intramolecular Hbond substituents is 1. The van der Waals surface area contributed by atoms with Gasteiger partial charge in [-0.05, 0) is 67.7 Å². The highest BCUT2D eigenvalue weighted by atomic mass is 16.5. The fourth-order valence-electron chi connectivity index (χ4n) is 2.82. The molecule has 0 bridgehead atoms. The number of carbonyl (C=O) groups is 1. The molecule has 3 aromatic carbocycles. The average Bonchev–Trinajstić information content (AvgIpc) is 2.74. The smallest absolute Gasteiger partial charge is 0.256 e. The monoisotopic (exact) mass is 402 g/mol.